The molecule has 0 saturated carbocycles. The van der Waals surface area contributed by atoms with Gasteiger partial charge < -0.3 is 14.2 Å². The van der Waals surface area contributed by atoms with E-state index in [2.05, 4.69) is 0 Å². The number of nitrogens with zero attached hydrogens (tertiary/aromatic N) is 2. The summed E-state index contributed by atoms with van der Waals surface area (Å²) in [6.45, 7) is 1.87. The van der Waals surface area contributed by atoms with E-state index in [0.29, 0.717) is 43.2 Å². The molecule has 1 atom stereocenters. The Balaban J connectivity index is 1.85. The van der Waals surface area contributed by atoms with Crippen LogP contribution in [0.5, 0.6) is 11.5 Å². The lowest BCUT2D eigenvalue weighted by Crippen LogP contribution is -2.40. The fraction of sp³-hybridized carbons (Fsp3) is 0.167. The Bertz CT molecular complexity index is 1760. The minimum atomic E-state index is -0.870. The molecular weight excluding hydrogens is 519 g/mol. The molecule has 9 heteroatoms. The highest BCUT2D eigenvalue weighted by atomic mass is 32.1. The molecule has 2 heterocycles. The van der Waals surface area contributed by atoms with Gasteiger partial charge in [0.2, 0.25) is 0 Å². The first-order valence-corrected chi connectivity index (χ1v) is 13.0. The molecule has 0 unspecified atom stereocenters. The van der Waals surface area contributed by atoms with Crippen molar-refractivity contribution in [3.8, 4) is 11.5 Å². The van der Waals surface area contributed by atoms with Crippen LogP contribution in [0, 0.1) is 5.82 Å². The lowest BCUT2D eigenvalue weighted by molar-refractivity contribution is -0.138. The van der Waals surface area contributed by atoms with Gasteiger partial charge in [-0.25, -0.2) is 14.2 Å². The monoisotopic (exact) mass is 544 g/mol. The molecule has 39 heavy (non-hydrogen) atoms. The van der Waals surface area contributed by atoms with E-state index in [0.717, 1.165) is 0 Å². The maximum absolute atomic E-state index is 13.9. The number of esters is 1. The van der Waals surface area contributed by atoms with Crippen LogP contribution in [0.2, 0.25) is 0 Å². The molecule has 0 bridgehead atoms. The summed E-state index contributed by atoms with van der Waals surface area (Å²) in [7, 11) is 3.05. The van der Waals surface area contributed by atoms with Gasteiger partial charge in [-0.05, 0) is 48.4 Å². The molecule has 198 valence electrons. The van der Waals surface area contributed by atoms with Gasteiger partial charge in [-0.15, -0.1) is 0 Å². The van der Waals surface area contributed by atoms with Crippen LogP contribution in [0.15, 0.2) is 88.2 Å². The summed E-state index contributed by atoms with van der Waals surface area (Å²) in [5.41, 5.74) is 2.12. The van der Waals surface area contributed by atoms with Gasteiger partial charge in [0.1, 0.15) is 5.82 Å². The molecule has 0 amide bonds. The topological polar surface area (TPSA) is 79.1 Å². The van der Waals surface area contributed by atoms with Gasteiger partial charge in [0.15, 0.2) is 16.3 Å². The van der Waals surface area contributed by atoms with Gasteiger partial charge in [0.05, 0.1) is 42.7 Å². The van der Waals surface area contributed by atoms with Crippen molar-refractivity contribution in [2.75, 3.05) is 20.8 Å². The molecule has 4 aromatic rings. The summed E-state index contributed by atoms with van der Waals surface area (Å²) < 4.78 is 32.1. The number of benzene rings is 3. The number of rotatable bonds is 7. The smallest absolute Gasteiger partial charge is 0.338 e. The van der Waals surface area contributed by atoms with Crippen LogP contribution in [0.1, 0.15) is 29.7 Å². The number of halogens is 1. The zero-order chi connectivity index (χ0) is 27.5. The first-order valence-electron chi connectivity index (χ1n) is 12.2. The molecule has 3 aromatic carbocycles. The SMILES string of the molecule is CCOC(=O)C1=C(c2ccccc2)N=c2s/c(=C\c3cccc(F)c3)c(=O)n2[C@@H]1c1ccc(OC)c(OC)c1. The second kappa shape index (κ2) is 11.1. The van der Waals surface area contributed by atoms with Crippen LogP contribution >= 0.6 is 11.3 Å². The standard InChI is InChI=1S/C30H25FN2O5S/c1-4-38-29(35)25-26(19-10-6-5-7-11-19)32-30-33(27(25)20-13-14-22(36-2)23(17-20)37-3)28(34)24(39-30)16-18-9-8-12-21(31)15-18/h5-17,27H,4H2,1-3H3/b24-16-/t27-/m1/s1. The van der Waals surface area contributed by atoms with E-state index in [9.17, 15) is 14.0 Å². The molecule has 1 aromatic heterocycles. The largest absolute Gasteiger partial charge is 0.493 e. The molecular formula is C30H25FN2O5S. The van der Waals surface area contributed by atoms with Crippen molar-refractivity contribution in [3.63, 3.8) is 0 Å². The van der Waals surface area contributed by atoms with Crippen molar-refractivity contribution in [2.24, 2.45) is 4.99 Å². The predicted octanol–water partition coefficient (Wildman–Crippen LogP) is 4.09. The highest BCUT2D eigenvalue weighted by Crippen LogP contribution is 2.38. The lowest BCUT2D eigenvalue weighted by Gasteiger charge is -2.26. The highest BCUT2D eigenvalue weighted by molar-refractivity contribution is 7.07. The maximum atomic E-state index is 13.9. The molecule has 7 nitrogen and oxygen atoms in total. The number of fused-ring (bicyclic) bond motifs is 1. The Morgan fingerprint density at radius 2 is 1.79 bits per heavy atom. The molecule has 1 aliphatic heterocycles. The molecule has 1 aliphatic rings. The number of thiazole rings is 1. The fourth-order valence-electron chi connectivity index (χ4n) is 4.53. The van der Waals surface area contributed by atoms with Gasteiger partial charge in [0, 0.05) is 5.56 Å². The Morgan fingerprint density at radius 1 is 1.03 bits per heavy atom. The Kier molecular flexibility index (Phi) is 7.42. The second-order valence-corrected chi connectivity index (χ2v) is 9.61. The van der Waals surface area contributed by atoms with Crippen molar-refractivity contribution < 1.29 is 23.4 Å². The number of hydrogen-bond acceptors (Lipinski definition) is 7. The van der Waals surface area contributed by atoms with Crippen molar-refractivity contribution >= 4 is 29.1 Å². The van der Waals surface area contributed by atoms with Crippen LogP contribution in [0.3, 0.4) is 0 Å². The lowest BCUT2D eigenvalue weighted by atomic mass is 9.93. The zero-order valence-corrected chi connectivity index (χ0v) is 22.3. The van der Waals surface area contributed by atoms with E-state index in [1.807, 2.05) is 30.3 Å². The predicted molar refractivity (Wildman–Crippen MR) is 147 cm³/mol. The van der Waals surface area contributed by atoms with E-state index in [4.69, 9.17) is 19.2 Å². The summed E-state index contributed by atoms with van der Waals surface area (Å²) in [6, 6.07) is 19.6. The van der Waals surface area contributed by atoms with Gasteiger partial charge in [-0.1, -0.05) is 59.9 Å². The van der Waals surface area contributed by atoms with Crippen molar-refractivity contribution in [2.45, 2.75) is 13.0 Å². The van der Waals surface area contributed by atoms with Gasteiger partial charge >= 0.3 is 5.97 Å². The maximum Gasteiger partial charge on any atom is 0.338 e. The number of carbonyl (C=O) groups excluding carboxylic acids is 1. The fourth-order valence-corrected chi connectivity index (χ4v) is 5.53. The van der Waals surface area contributed by atoms with Crippen LogP contribution in [0.4, 0.5) is 4.39 Å². The van der Waals surface area contributed by atoms with Crippen LogP contribution in [-0.2, 0) is 9.53 Å². The molecule has 0 saturated heterocycles. The summed E-state index contributed by atoms with van der Waals surface area (Å²) >= 11 is 1.17. The normalized spacial score (nSPS) is 15.0. The summed E-state index contributed by atoms with van der Waals surface area (Å²) in [6.07, 6.45) is 1.62. The molecule has 0 spiro atoms. The quantitative estimate of drug-likeness (QED) is 0.328. The Morgan fingerprint density at radius 3 is 2.49 bits per heavy atom. The van der Waals surface area contributed by atoms with E-state index in [1.165, 1.54) is 42.3 Å². The van der Waals surface area contributed by atoms with Crippen molar-refractivity contribution in [1.29, 1.82) is 0 Å². The molecule has 0 N–H and O–H groups in total. The molecule has 0 fully saturated rings. The van der Waals surface area contributed by atoms with Gasteiger partial charge in [0.25, 0.3) is 5.56 Å². The van der Waals surface area contributed by atoms with E-state index in [-0.39, 0.29) is 17.7 Å². The number of aromatic nitrogens is 1. The minimum Gasteiger partial charge on any atom is -0.493 e. The first kappa shape index (κ1) is 26.1. The van der Waals surface area contributed by atoms with E-state index >= 15 is 0 Å². The van der Waals surface area contributed by atoms with Crippen LogP contribution in [0.25, 0.3) is 11.8 Å². The minimum absolute atomic E-state index is 0.146. The van der Waals surface area contributed by atoms with Gasteiger partial charge in [-0.3, -0.25) is 9.36 Å². The third-order valence-electron chi connectivity index (χ3n) is 6.24. The summed E-state index contributed by atoms with van der Waals surface area (Å²) in [5, 5.41) is 0. The number of ether oxygens (including phenoxy) is 3. The highest BCUT2D eigenvalue weighted by Gasteiger charge is 2.35. The van der Waals surface area contributed by atoms with Crippen LogP contribution < -0.4 is 24.4 Å². The first-order chi connectivity index (χ1) is 18.9. The Labute approximate surface area is 227 Å². The Hall–Kier alpha value is -4.50. The number of methoxy groups -OCH3 is 2. The summed E-state index contributed by atoms with van der Waals surface area (Å²) in [4.78, 5) is 32.6. The number of carbonyl (C=O) groups is 1. The van der Waals surface area contributed by atoms with Crippen molar-refractivity contribution in [1.82, 2.24) is 4.57 Å². The van der Waals surface area contributed by atoms with Crippen molar-refractivity contribution in [3.05, 3.63) is 121 Å². The van der Waals surface area contributed by atoms with E-state index in [1.54, 1.807) is 43.3 Å². The van der Waals surface area contributed by atoms with E-state index < -0.39 is 17.8 Å². The van der Waals surface area contributed by atoms with Gasteiger partial charge in [-0.2, -0.15) is 0 Å². The zero-order valence-electron chi connectivity index (χ0n) is 21.5. The average molecular weight is 545 g/mol. The number of hydrogen-bond donors (Lipinski definition) is 0. The average Bonchev–Trinajstić information content (AvgIpc) is 3.26. The molecule has 0 radical (unpaired) electrons. The third kappa shape index (κ3) is 5.00. The molecule has 5 rings (SSSR count). The second-order valence-electron chi connectivity index (χ2n) is 8.60. The van der Waals surface area contributed by atoms with Crippen LogP contribution in [-0.4, -0.2) is 31.4 Å². The molecule has 0 aliphatic carbocycles. The third-order valence-corrected chi connectivity index (χ3v) is 7.23. The summed E-state index contributed by atoms with van der Waals surface area (Å²) in [5.74, 6) is -0.0435.